The van der Waals surface area contributed by atoms with Gasteiger partial charge in [0.15, 0.2) is 0 Å². The van der Waals surface area contributed by atoms with Crippen LogP contribution >= 0.6 is 15.9 Å². The zero-order chi connectivity index (χ0) is 13.8. The van der Waals surface area contributed by atoms with Gasteiger partial charge in [-0.25, -0.2) is 0 Å². The Hall–Kier alpha value is -0.870. The summed E-state index contributed by atoms with van der Waals surface area (Å²) in [5.74, 6) is 0.614. The quantitative estimate of drug-likeness (QED) is 0.894. The highest BCUT2D eigenvalue weighted by molar-refractivity contribution is 9.10. The van der Waals surface area contributed by atoms with Crippen molar-refractivity contribution in [3.05, 3.63) is 34.3 Å². The molecule has 2 rings (SSSR count). The Labute approximate surface area is 123 Å². The number of rotatable bonds is 4. The first kappa shape index (κ1) is 14.5. The van der Waals surface area contributed by atoms with Gasteiger partial charge in [0.1, 0.15) is 0 Å². The third-order valence-corrected chi connectivity index (χ3v) is 4.56. The Morgan fingerprint density at radius 3 is 2.74 bits per heavy atom. The van der Waals surface area contributed by atoms with E-state index in [-0.39, 0.29) is 17.9 Å². The van der Waals surface area contributed by atoms with Crippen LogP contribution in [0.15, 0.2) is 28.7 Å². The zero-order valence-electron chi connectivity index (χ0n) is 11.2. The summed E-state index contributed by atoms with van der Waals surface area (Å²) in [5.41, 5.74) is 6.86. The Morgan fingerprint density at radius 2 is 2.11 bits per heavy atom. The van der Waals surface area contributed by atoms with E-state index in [1.165, 1.54) is 0 Å². The zero-order valence-corrected chi connectivity index (χ0v) is 12.8. The largest absolute Gasteiger partial charge is 0.349 e. The summed E-state index contributed by atoms with van der Waals surface area (Å²) in [6, 6.07) is 8.10. The smallest absolute Gasteiger partial charge is 0.223 e. The fraction of sp³-hybridized carbons (Fsp3) is 0.533. The fourth-order valence-corrected chi connectivity index (χ4v) is 3.08. The van der Waals surface area contributed by atoms with Crippen molar-refractivity contribution in [2.45, 2.75) is 32.2 Å². The molecular weight excluding hydrogens is 304 g/mol. The second-order valence-corrected chi connectivity index (χ2v) is 6.23. The number of carbonyl (C=O) groups excluding carboxylic acids is 1. The molecule has 1 aliphatic carbocycles. The molecular formula is C15H21BrN2O. The lowest BCUT2D eigenvalue weighted by atomic mass is 9.95. The van der Waals surface area contributed by atoms with E-state index in [1.54, 1.807) is 0 Å². The lowest BCUT2D eigenvalue weighted by molar-refractivity contribution is -0.126. The van der Waals surface area contributed by atoms with Crippen LogP contribution in [-0.2, 0) is 4.79 Å². The monoisotopic (exact) mass is 324 g/mol. The number of hydrogen-bond donors (Lipinski definition) is 2. The van der Waals surface area contributed by atoms with Crippen molar-refractivity contribution in [3.8, 4) is 0 Å². The van der Waals surface area contributed by atoms with E-state index in [0.717, 1.165) is 29.3 Å². The van der Waals surface area contributed by atoms with Gasteiger partial charge in [0, 0.05) is 10.4 Å². The Kier molecular flexibility index (Phi) is 4.99. The number of halogens is 1. The van der Waals surface area contributed by atoms with Crippen LogP contribution in [0.4, 0.5) is 0 Å². The highest BCUT2D eigenvalue weighted by Gasteiger charge is 2.32. The molecule has 1 aromatic rings. The molecule has 0 aliphatic heterocycles. The van der Waals surface area contributed by atoms with Gasteiger partial charge in [-0.15, -0.1) is 0 Å². The maximum Gasteiger partial charge on any atom is 0.223 e. The van der Waals surface area contributed by atoms with Crippen molar-refractivity contribution in [1.29, 1.82) is 0 Å². The van der Waals surface area contributed by atoms with Gasteiger partial charge in [-0.1, -0.05) is 34.5 Å². The van der Waals surface area contributed by atoms with E-state index in [4.69, 9.17) is 5.73 Å². The van der Waals surface area contributed by atoms with Gasteiger partial charge in [-0.3, -0.25) is 4.79 Å². The Balaban J connectivity index is 1.96. The van der Waals surface area contributed by atoms with Crippen molar-refractivity contribution in [2.75, 3.05) is 6.54 Å². The average molecular weight is 325 g/mol. The van der Waals surface area contributed by atoms with Gasteiger partial charge in [-0.05, 0) is 49.9 Å². The number of nitrogens with two attached hydrogens (primary N) is 1. The van der Waals surface area contributed by atoms with E-state index in [9.17, 15) is 4.79 Å². The molecule has 3 unspecified atom stereocenters. The van der Waals surface area contributed by atoms with Gasteiger partial charge >= 0.3 is 0 Å². The molecule has 104 valence electrons. The van der Waals surface area contributed by atoms with Crippen molar-refractivity contribution < 1.29 is 4.79 Å². The second-order valence-electron chi connectivity index (χ2n) is 5.32. The molecule has 1 aromatic carbocycles. The van der Waals surface area contributed by atoms with Gasteiger partial charge in [0.05, 0.1) is 6.04 Å². The summed E-state index contributed by atoms with van der Waals surface area (Å²) < 4.78 is 1.05. The van der Waals surface area contributed by atoms with Crippen LogP contribution in [0.1, 0.15) is 37.8 Å². The van der Waals surface area contributed by atoms with E-state index in [0.29, 0.717) is 12.5 Å². The van der Waals surface area contributed by atoms with Crippen LogP contribution in [0.5, 0.6) is 0 Å². The summed E-state index contributed by atoms with van der Waals surface area (Å²) in [4.78, 5) is 12.3. The van der Waals surface area contributed by atoms with Crippen LogP contribution in [0.2, 0.25) is 0 Å². The van der Waals surface area contributed by atoms with E-state index in [2.05, 4.69) is 21.2 Å². The van der Waals surface area contributed by atoms with Crippen molar-refractivity contribution in [2.24, 2.45) is 17.6 Å². The van der Waals surface area contributed by atoms with Crippen molar-refractivity contribution in [1.82, 2.24) is 5.32 Å². The lowest BCUT2D eigenvalue weighted by Crippen LogP contribution is -2.36. The summed E-state index contributed by atoms with van der Waals surface area (Å²) in [6.45, 7) is 2.64. The molecule has 0 heterocycles. The molecule has 4 heteroatoms. The molecule has 0 aromatic heterocycles. The summed E-state index contributed by atoms with van der Waals surface area (Å²) in [7, 11) is 0. The average Bonchev–Trinajstić information content (AvgIpc) is 2.87. The molecule has 3 N–H and O–H groups in total. The minimum Gasteiger partial charge on any atom is -0.349 e. The number of carbonyl (C=O) groups is 1. The third-order valence-electron chi connectivity index (χ3n) is 4.03. The van der Waals surface area contributed by atoms with Crippen LogP contribution in [-0.4, -0.2) is 12.5 Å². The van der Waals surface area contributed by atoms with Gasteiger partial charge < -0.3 is 11.1 Å². The molecule has 0 saturated heterocycles. The van der Waals surface area contributed by atoms with E-state index in [1.807, 2.05) is 31.2 Å². The summed E-state index contributed by atoms with van der Waals surface area (Å²) in [6.07, 6.45) is 3.18. The van der Waals surface area contributed by atoms with Crippen molar-refractivity contribution in [3.63, 3.8) is 0 Å². The maximum absolute atomic E-state index is 12.3. The van der Waals surface area contributed by atoms with Crippen LogP contribution in [0.3, 0.4) is 0 Å². The van der Waals surface area contributed by atoms with Gasteiger partial charge in [0.25, 0.3) is 0 Å². The first-order valence-corrected chi connectivity index (χ1v) is 7.67. The first-order chi connectivity index (χ1) is 9.11. The molecule has 3 atom stereocenters. The molecule has 3 nitrogen and oxygen atoms in total. The standard InChI is InChI=1S/C15H21BrN2O/c1-10(11-5-7-13(16)8-6-11)18-15(19)14-4-2-3-12(14)9-17/h5-8,10,12,14H,2-4,9,17H2,1H3,(H,18,19). The van der Waals surface area contributed by atoms with Crippen LogP contribution < -0.4 is 11.1 Å². The highest BCUT2D eigenvalue weighted by Crippen LogP contribution is 2.31. The fourth-order valence-electron chi connectivity index (χ4n) is 2.82. The minimum absolute atomic E-state index is 0.0413. The molecule has 1 fully saturated rings. The molecule has 1 saturated carbocycles. The predicted octanol–water partition coefficient (Wildman–Crippen LogP) is 3.00. The number of amides is 1. The first-order valence-electron chi connectivity index (χ1n) is 6.87. The highest BCUT2D eigenvalue weighted by atomic mass is 79.9. The second kappa shape index (κ2) is 6.53. The molecule has 1 aliphatic rings. The van der Waals surface area contributed by atoms with Crippen molar-refractivity contribution >= 4 is 21.8 Å². The van der Waals surface area contributed by atoms with Gasteiger partial charge in [-0.2, -0.15) is 0 Å². The summed E-state index contributed by atoms with van der Waals surface area (Å²) in [5, 5.41) is 3.11. The predicted molar refractivity (Wildman–Crippen MR) is 80.6 cm³/mol. The number of nitrogens with one attached hydrogen (secondary N) is 1. The number of benzene rings is 1. The number of hydrogen-bond acceptors (Lipinski definition) is 2. The van der Waals surface area contributed by atoms with E-state index < -0.39 is 0 Å². The maximum atomic E-state index is 12.3. The molecule has 0 bridgehead atoms. The van der Waals surface area contributed by atoms with E-state index >= 15 is 0 Å². The molecule has 1 amide bonds. The topological polar surface area (TPSA) is 55.1 Å². The minimum atomic E-state index is 0.0413. The SMILES string of the molecule is CC(NC(=O)C1CCCC1CN)c1ccc(Br)cc1. The normalized spacial score (nSPS) is 24.2. The van der Waals surface area contributed by atoms with Crippen LogP contribution in [0, 0.1) is 11.8 Å². The van der Waals surface area contributed by atoms with Gasteiger partial charge in [0.2, 0.25) is 5.91 Å². The summed E-state index contributed by atoms with van der Waals surface area (Å²) >= 11 is 3.42. The Bertz CT molecular complexity index is 432. The van der Waals surface area contributed by atoms with Crippen LogP contribution in [0.25, 0.3) is 0 Å². The molecule has 0 radical (unpaired) electrons. The lowest BCUT2D eigenvalue weighted by Gasteiger charge is -2.21. The molecule has 0 spiro atoms. The molecule has 19 heavy (non-hydrogen) atoms. The Morgan fingerprint density at radius 1 is 1.42 bits per heavy atom. The third kappa shape index (κ3) is 3.57.